The molecule has 0 amide bonds. The van der Waals surface area contributed by atoms with Gasteiger partial charge in [-0.1, -0.05) is 6.07 Å². The molecule has 4 aromatic rings. The number of ether oxygens (including phenoxy) is 2. The topological polar surface area (TPSA) is 83.2 Å². The summed E-state index contributed by atoms with van der Waals surface area (Å²) in [6.07, 6.45) is 1.43. The molecule has 6 nitrogen and oxygen atoms in total. The summed E-state index contributed by atoms with van der Waals surface area (Å²) in [7, 11) is 3.26. The Balaban J connectivity index is 2.04. The van der Waals surface area contributed by atoms with Gasteiger partial charge in [-0.3, -0.25) is 0 Å². The van der Waals surface area contributed by atoms with Gasteiger partial charge in [-0.15, -0.1) is 11.3 Å². The summed E-state index contributed by atoms with van der Waals surface area (Å²) < 4.78 is 10.9. The molecule has 4 rings (SSSR count). The van der Waals surface area contributed by atoms with Crippen LogP contribution in [-0.2, 0) is 0 Å². The molecule has 0 aliphatic rings. The summed E-state index contributed by atoms with van der Waals surface area (Å²) >= 11 is 1.63. The number of hydrogen-bond donors (Lipinski definition) is 1. The van der Waals surface area contributed by atoms with Gasteiger partial charge in [0.25, 0.3) is 0 Å². The van der Waals surface area contributed by atoms with Crippen LogP contribution < -0.4 is 15.2 Å². The molecule has 0 saturated heterocycles. The van der Waals surface area contributed by atoms with E-state index in [9.17, 15) is 0 Å². The Kier molecular flexibility index (Phi) is 4.14. The van der Waals surface area contributed by atoms with Gasteiger partial charge in [0.05, 0.1) is 25.3 Å². The molecule has 0 unspecified atom stereocenters. The van der Waals surface area contributed by atoms with E-state index in [0.717, 1.165) is 32.8 Å². The molecule has 0 atom stereocenters. The van der Waals surface area contributed by atoms with Gasteiger partial charge in [-0.25, -0.2) is 15.0 Å². The highest BCUT2D eigenvalue weighted by Gasteiger charge is 2.16. The number of rotatable bonds is 4. The fourth-order valence-electron chi connectivity index (χ4n) is 2.87. The molecule has 3 heterocycles. The van der Waals surface area contributed by atoms with Crippen molar-refractivity contribution in [1.82, 2.24) is 15.0 Å². The molecule has 2 N–H and O–H groups in total. The molecule has 0 fully saturated rings. The fourth-order valence-corrected chi connectivity index (χ4v) is 3.62. The number of anilines is 1. The lowest BCUT2D eigenvalue weighted by atomic mass is 10.0. The Bertz CT molecular complexity index is 1080. The van der Waals surface area contributed by atoms with Crippen molar-refractivity contribution in [2.24, 2.45) is 0 Å². The number of nitrogens with two attached hydrogens (primary N) is 1. The average Bonchev–Trinajstić information content (AvgIpc) is 3.21. The molecule has 0 aliphatic carbocycles. The van der Waals surface area contributed by atoms with Crippen LogP contribution in [0.15, 0.2) is 48.1 Å². The van der Waals surface area contributed by atoms with E-state index in [1.807, 2.05) is 41.8 Å². The average molecular weight is 364 g/mol. The number of nitrogens with zero attached hydrogens (tertiary/aromatic N) is 3. The van der Waals surface area contributed by atoms with Crippen molar-refractivity contribution in [3.05, 3.63) is 48.1 Å². The third-order valence-electron chi connectivity index (χ3n) is 4.10. The number of pyridine rings is 1. The SMILES string of the molecule is COc1ccc(OC)c(-c2cc(-c3cccs3)c3c(N)ncnc3n2)c1. The molecule has 26 heavy (non-hydrogen) atoms. The monoisotopic (exact) mass is 364 g/mol. The van der Waals surface area contributed by atoms with Crippen molar-refractivity contribution in [1.29, 1.82) is 0 Å². The summed E-state index contributed by atoms with van der Waals surface area (Å²) in [5.74, 6) is 1.84. The summed E-state index contributed by atoms with van der Waals surface area (Å²) in [4.78, 5) is 14.2. The lowest BCUT2D eigenvalue weighted by Gasteiger charge is -2.13. The molecule has 0 radical (unpaired) electrons. The van der Waals surface area contributed by atoms with Crippen LogP contribution >= 0.6 is 11.3 Å². The molecule has 130 valence electrons. The molecule has 0 saturated carbocycles. The third-order valence-corrected chi connectivity index (χ3v) is 5.01. The van der Waals surface area contributed by atoms with E-state index in [0.29, 0.717) is 17.2 Å². The zero-order valence-corrected chi connectivity index (χ0v) is 15.1. The number of aromatic nitrogens is 3. The predicted molar refractivity (Wildman–Crippen MR) is 104 cm³/mol. The minimum Gasteiger partial charge on any atom is -0.497 e. The number of fused-ring (bicyclic) bond motifs is 1. The highest BCUT2D eigenvalue weighted by Crippen LogP contribution is 2.39. The van der Waals surface area contributed by atoms with Gasteiger partial charge in [0.2, 0.25) is 0 Å². The number of thiophene rings is 1. The maximum absolute atomic E-state index is 6.12. The van der Waals surface area contributed by atoms with Crippen molar-refractivity contribution >= 4 is 28.2 Å². The molecule has 0 bridgehead atoms. The molecular formula is C19H16N4O2S. The molecule has 3 aromatic heterocycles. The van der Waals surface area contributed by atoms with Crippen LogP contribution in [0.5, 0.6) is 11.5 Å². The molecule has 7 heteroatoms. The first kappa shape index (κ1) is 16.3. The zero-order chi connectivity index (χ0) is 18.1. The Morgan fingerprint density at radius 1 is 1.00 bits per heavy atom. The summed E-state index contributed by atoms with van der Waals surface area (Å²) in [5.41, 5.74) is 9.17. The number of methoxy groups -OCH3 is 2. The van der Waals surface area contributed by atoms with Crippen LogP contribution in [0.2, 0.25) is 0 Å². The lowest BCUT2D eigenvalue weighted by molar-refractivity contribution is 0.404. The van der Waals surface area contributed by atoms with Crippen LogP contribution in [0.25, 0.3) is 32.7 Å². The second kappa shape index (κ2) is 6.61. The minimum atomic E-state index is 0.412. The Labute approximate surface area is 154 Å². The van der Waals surface area contributed by atoms with Gasteiger partial charge in [-0.05, 0) is 35.7 Å². The van der Waals surface area contributed by atoms with Crippen molar-refractivity contribution < 1.29 is 9.47 Å². The summed E-state index contributed by atoms with van der Waals surface area (Å²) in [6.45, 7) is 0. The first-order valence-corrected chi connectivity index (χ1v) is 8.76. The predicted octanol–water partition coefficient (Wildman–Crippen LogP) is 4.02. The fraction of sp³-hybridized carbons (Fsp3) is 0.105. The molecule has 0 aliphatic heterocycles. The highest BCUT2D eigenvalue weighted by atomic mass is 32.1. The van der Waals surface area contributed by atoms with E-state index >= 15 is 0 Å². The molecule has 1 aromatic carbocycles. The zero-order valence-electron chi connectivity index (χ0n) is 14.3. The molecular weight excluding hydrogens is 348 g/mol. The van der Waals surface area contributed by atoms with Crippen LogP contribution in [0.3, 0.4) is 0 Å². The highest BCUT2D eigenvalue weighted by molar-refractivity contribution is 7.13. The Morgan fingerprint density at radius 2 is 1.88 bits per heavy atom. The third kappa shape index (κ3) is 2.72. The second-order valence-corrected chi connectivity index (χ2v) is 6.50. The number of nitrogen functional groups attached to an aromatic ring is 1. The Morgan fingerprint density at radius 3 is 2.62 bits per heavy atom. The van der Waals surface area contributed by atoms with Gasteiger partial charge >= 0.3 is 0 Å². The van der Waals surface area contributed by atoms with E-state index in [1.54, 1.807) is 25.6 Å². The van der Waals surface area contributed by atoms with Gasteiger partial charge < -0.3 is 15.2 Å². The largest absolute Gasteiger partial charge is 0.497 e. The van der Waals surface area contributed by atoms with Crippen LogP contribution in [0, 0.1) is 0 Å². The van der Waals surface area contributed by atoms with Crippen molar-refractivity contribution in [3.8, 4) is 33.2 Å². The summed E-state index contributed by atoms with van der Waals surface area (Å²) in [5, 5.41) is 2.77. The van der Waals surface area contributed by atoms with Gasteiger partial charge in [0, 0.05) is 16.0 Å². The van der Waals surface area contributed by atoms with E-state index in [2.05, 4.69) is 9.97 Å². The van der Waals surface area contributed by atoms with Crippen molar-refractivity contribution in [2.75, 3.05) is 20.0 Å². The normalized spacial score (nSPS) is 10.8. The number of hydrogen-bond acceptors (Lipinski definition) is 7. The van der Waals surface area contributed by atoms with Gasteiger partial charge in [-0.2, -0.15) is 0 Å². The minimum absolute atomic E-state index is 0.412. The maximum Gasteiger partial charge on any atom is 0.165 e. The van der Waals surface area contributed by atoms with E-state index < -0.39 is 0 Å². The Hall–Kier alpha value is -3.19. The van der Waals surface area contributed by atoms with Crippen LogP contribution in [0.4, 0.5) is 5.82 Å². The smallest absolute Gasteiger partial charge is 0.165 e. The van der Waals surface area contributed by atoms with Gasteiger partial charge in [0.1, 0.15) is 23.6 Å². The van der Waals surface area contributed by atoms with Crippen molar-refractivity contribution in [3.63, 3.8) is 0 Å². The van der Waals surface area contributed by atoms with Gasteiger partial charge in [0.15, 0.2) is 5.65 Å². The number of benzene rings is 1. The first-order valence-electron chi connectivity index (χ1n) is 7.88. The van der Waals surface area contributed by atoms with E-state index in [4.69, 9.17) is 20.2 Å². The second-order valence-electron chi connectivity index (χ2n) is 5.56. The molecule has 0 spiro atoms. The standard InChI is InChI=1S/C19H16N4O2S/c1-24-11-5-6-15(25-2)12(8-11)14-9-13(16-4-3-7-26-16)17-18(20)21-10-22-19(17)23-14/h3-10H,1-2H3,(H2,20,21,22,23). The van der Waals surface area contributed by atoms with E-state index in [1.165, 1.54) is 6.33 Å². The quantitative estimate of drug-likeness (QED) is 0.589. The lowest BCUT2D eigenvalue weighted by Crippen LogP contribution is -1.99. The van der Waals surface area contributed by atoms with Crippen LogP contribution in [-0.4, -0.2) is 29.2 Å². The maximum atomic E-state index is 6.12. The summed E-state index contributed by atoms with van der Waals surface area (Å²) in [6, 6.07) is 11.6. The first-order chi connectivity index (χ1) is 12.7. The van der Waals surface area contributed by atoms with Crippen LogP contribution in [0.1, 0.15) is 0 Å². The van der Waals surface area contributed by atoms with Crippen molar-refractivity contribution in [2.45, 2.75) is 0 Å². The van der Waals surface area contributed by atoms with E-state index in [-0.39, 0.29) is 0 Å².